The van der Waals surface area contributed by atoms with E-state index < -0.39 is 0 Å². The second kappa shape index (κ2) is 8.12. The lowest BCUT2D eigenvalue weighted by Crippen LogP contribution is -2.28. The molecule has 0 aliphatic carbocycles. The Morgan fingerprint density at radius 2 is 1.80 bits per heavy atom. The Morgan fingerprint density at radius 1 is 1.13 bits per heavy atom. The Morgan fingerprint density at radius 3 is 2.33 bits per heavy atom. The molecule has 0 aliphatic heterocycles. The number of hydrogen-bond acceptors (Lipinski definition) is 2. The Bertz CT molecular complexity index is 145. The van der Waals surface area contributed by atoms with Crippen molar-refractivity contribution >= 4 is 0 Å². The first-order valence-electron chi connectivity index (χ1n) is 6.32. The minimum Gasteiger partial charge on any atom is -0.379 e. The van der Waals surface area contributed by atoms with E-state index >= 15 is 0 Å². The van der Waals surface area contributed by atoms with Gasteiger partial charge in [0.25, 0.3) is 0 Å². The summed E-state index contributed by atoms with van der Waals surface area (Å²) in [6, 6.07) is 0.358. The van der Waals surface area contributed by atoms with E-state index in [0.29, 0.717) is 6.04 Å². The zero-order chi connectivity index (χ0) is 11.7. The zero-order valence-corrected chi connectivity index (χ0v) is 11.0. The van der Waals surface area contributed by atoms with Crippen LogP contribution >= 0.6 is 0 Å². The van der Waals surface area contributed by atoms with Crippen LogP contribution in [0.3, 0.4) is 0 Å². The van der Waals surface area contributed by atoms with E-state index in [1.54, 1.807) is 7.11 Å². The highest BCUT2D eigenvalue weighted by Crippen LogP contribution is 2.18. The van der Waals surface area contributed by atoms with Crippen LogP contribution in [0.25, 0.3) is 0 Å². The lowest BCUT2D eigenvalue weighted by atomic mass is 9.96. The van der Waals surface area contributed by atoms with Crippen LogP contribution in [0.1, 0.15) is 65.7 Å². The fourth-order valence-corrected chi connectivity index (χ4v) is 1.61. The summed E-state index contributed by atoms with van der Waals surface area (Å²) in [6.45, 7) is 6.48. The van der Waals surface area contributed by atoms with Crippen molar-refractivity contribution in [1.82, 2.24) is 0 Å². The van der Waals surface area contributed by atoms with E-state index in [4.69, 9.17) is 10.5 Å². The molecule has 0 aromatic carbocycles. The fraction of sp³-hybridized carbons (Fsp3) is 1.00. The van der Waals surface area contributed by atoms with Crippen LogP contribution in [0, 0.1) is 0 Å². The molecule has 0 spiro atoms. The second-order valence-corrected chi connectivity index (χ2v) is 5.11. The molecule has 0 rings (SSSR count). The predicted octanol–water partition coefficient (Wildman–Crippen LogP) is 3.49. The fourth-order valence-electron chi connectivity index (χ4n) is 1.61. The second-order valence-electron chi connectivity index (χ2n) is 5.11. The molecule has 0 saturated heterocycles. The molecule has 92 valence electrons. The van der Waals surface area contributed by atoms with Crippen molar-refractivity contribution in [2.45, 2.75) is 77.4 Å². The van der Waals surface area contributed by atoms with Crippen molar-refractivity contribution in [2.24, 2.45) is 5.73 Å². The van der Waals surface area contributed by atoms with Crippen LogP contribution in [0.2, 0.25) is 0 Å². The van der Waals surface area contributed by atoms with Gasteiger partial charge in [-0.2, -0.15) is 0 Å². The van der Waals surface area contributed by atoms with Crippen LogP contribution in [0.4, 0.5) is 0 Å². The predicted molar refractivity (Wildman–Crippen MR) is 67.1 cm³/mol. The highest BCUT2D eigenvalue weighted by atomic mass is 16.5. The van der Waals surface area contributed by atoms with Gasteiger partial charge in [0, 0.05) is 13.2 Å². The highest BCUT2D eigenvalue weighted by Gasteiger charge is 2.17. The first-order chi connectivity index (χ1) is 7.02. The van der Waals surface area contributed by atoms with Gasteiger partial charge in [-0.25, -0.2) is 0 Å². The SMILES string of the molecule is CCCCCCC(N)CCC(C)(C)OC. The Kier molecular flexibility index (Phi) is 8.07. The summed E-state index contributed by atoms with van der Waals surface area (Å²) in [4.78, 5) is 0. The lowest BCUT2D eigenvalue weighted by molar-refractivity contribution is 0.0123. The standard InChI is InChI=1S/C13H29NO/c1-5-6-7-8-9-12(14)10-11-13(2,3)15-4/h12H,5-11,14H2,1-4H3. The molecule has 2 N–H and O–H groups in total. The summed E-state index contributed by atoms with van der Waals surface area (Å²) in [5, 5.41) is 0. The molecule has 2 nitrogen and oxygen atoms in total. The lowest BCUT2D eigenvalue weighted by Gasteiger charge is -2.24. The molecule has 1 unspecified atom stereocenters. The van der Waals surface area contributed by atoms with Gasteiger partial charge in [-0.3, -0.25) is 0 Å². The van der Waals surface area contributed by atoms with E-state index in [0.717, 1.165) is 12.8 Å². The van der Waals surface area contributed by atoms with Gasteiger partial charge >= 0.3 is 0 Å². The van der Waals surface area contributed by atoms with Gasteiger partial charge in [0.2, 0.25) is 0 Å². The minimum atomic E-state index is -0.0129. The number of unbranched alkanes of at least 4 members (excludes halogenated alkanes) is 3. The molecule has 2 heteroatoms. The maximum Gasteiger partial charge on any atom is 0.0623 e. The van der Waals surface area contributed by atoms with Crippen molar-refractivity contribution in [1.29, 1.82) is 0 Å². The van der Waals surface area contributed by atoms with Crippen molar-refractivity contribution < 1.29 is 4.74 Å². The van der Waals surface area contributed by atoms with E-state index in [1.165, 1.54) is 32.1 Å². The van der Waals surface area contributed by atoms with Gasteiger partial charge in [-0.05, 0) is 33.1 Å². The first-order valence-corrected chi connectivity index (χ1v) is 6.32. The average molecular weight is 215 g/mol. The van der Waals surface area contributed by atoms with Gasteiger partial charge in [0.15, 0.2) is 0 Å². The van der Waals surface area contributed by atoms with E-state index in [2.05, 4.69) is 20.8 Å². The quantitative estimate of drug-likeness (QED) is 0.598. The average Bonchev–Trinajstić information content (AvgIpc) is 2.22. The number of methoxy groups -OCH3 is 1. The van der Waals surface area contributed by atoms with Crippen LogP contribution in [-0.2, 0) is 4.74 Å². The van der Waals surface area contributed by atoms with E-state index in [9.17, 15) is 0 Å². The number of nitrogens with two attached hydrogens (primary N) is 1. The Labute approximate surface area is 95.6 Å². The van der Waals surface area contributed by atoms with Crippen LogP contribution in [0.5, 0.6) is 0 Å². The maximum absolute atomic E-state index is 6.06. The molecular weight excluding hydrogens is 186 g/mol. The number of rotatable bonds is 9. The summed E-state index contributed by atoms with van der Waals surface area (Å²) in [6.07, 6.45) is 8.55. The number of ether oxygens (including phenoxy) is 1. The molecule has 0 aliphatic rings. The summed E-state index contributed by atoms with van der Waals surface area (Å²) >= 11 is 0. The van der Waals surface area contributed by atoms with Crippen molar-refractivity contribution in [3.05, 3.63) is 0 Å². The topological polar surface area (TPSA) is 35.2 Å². The molecule has 0 bridgehead atoms. The van der Waals surface area contributed by atoms with E-state index in [1.807, 2.05) is 0 Å². The summed E-state index contributed by atoms with van der Waals surface area (Å²) < 4.78 is 5.38. The molecule has 0 saturated carbocycles. The molecule has 1 atom stereocenters. The smallest absolute Gasteiger partial charge is 0.0623 e. The Hall–Kier alpha value is -0.0800. The normalized spacial score (nSPS) is 14.2. The maximum atomic E-state index is 6.06. The molecule has 0 aromatic heterocycles. The van der Waals surface area contributed by atoms with Gasteiger partial charge in [0.05, 0.1) is 5.60 Å². The van der Waals surface area contributed by atoms with Crippen molar-refractivity contribution in [3.63, 3.8) is 0 Å². The van der Waals surface area contributed by atoms with Gasteiger partial charge in [-0.1, -0.05) is 32.6 Å². The van der Waals surface area contributed by atoms with Gasteiger partial charge in [-0.15, -0.1) is 0 Å². The molecule has 0 aromatic rings. The zero-order valence-electron chi connectivity index (χ0n) is 11.0. The molecule has 15 heavy (non-hydrogen) atoms. The largest absolute Gasteiger partial charge is 0.379 e. The molecule has 0 amide bonds. The van der Waals surface area contributed by atoms with E-state index in [-0.39, 0.29) is 5.60 Å². The van der Waals surface area contributed by atoms with Crippen LogP contribution in [-0.4, -0.2) is 18.8 Å². The molecule has 0 fully saturated rings. The third kappa shape index (κ3) is 8.88. The highest BCUT2D eigenvalue weighted by molar-refractivity contribution is 4.72. The monoisotopic (exact) mass is 215 g/mol. The van der Waals surface area contributed by atoms with Crippen molar-refractivity contribution in [3.8, 4) is 0 Å². The third-order valence-electron chi connectivity index (χ3n) is 3.10. The van der Waals surface area contributed by atoms with Gasteiger partial charge in [0.1, 0.15) is 0 Å². The molecule has 0 heterocycles. The number of hydrogen-bond donors (Lipinski definition) is 1. The first kappa shape index (κ1) is 14.9. The molecule has 0 radical (unpaired) electrons. The van der Waals surface area contributed by atoms with Crippen molar-refractivity contribution in [2.75, 3.05) is 7.11 Å². The summed E-state index contributed by atoms with van der Waals surface area (Å²) in [5.74, 6) is 0. The minimum absolute atomic E-state index is 0.0129. The summed E-state index contributed by atoms with van der Waals surface area (Å²) in [5.41, 5.74) is 6.05. The van der Waals surface area contributed by atoms with Crippen LogP contribution in [0.15, 0.2) is 0 Å². The van der Waals surface area contributed by atoms with Gasteiger partial charge < -0.3 is 10.5 Å². The molecular formula is C13H29NO. The van der Waals surface area contributed by atoms with Crippen LogP contribution < -0.4 is 5.73 Å². The Balaban J connectivity index is 3.44. The third-order valence-corrected chi connectivity index (χ3v) is 3.10. The summed E-state index contributed by atoms with van der Waals surface area (Å²) in [7, 11) is 1.77.